The average molecular weight is 376 g/mol. The summed E-state index contributed by atoms with van der Waals surface area (Å²) in [6.45, 7) is 1.94. The molecule has 4 rings (SSSR count). The second-order valence-corrected chi connectivity index (χ2v) is 6.68. The smallest absolute Gasteiger partial charge is 0.115 e. The summed E-state index contributed by atoms with van der Waals surface area (Å²) in [7, 11) is 0. The highest BCUT2D eigenvalue weighted by Crippen LogP contribution is 2.29. The predicted octanol–water partition coefficient (Wildman–Crippen LogP) is 4.20. The van der Waals surface area contributed by atoms with E-state index in [1.54, 1.807) is 36.4 Å². The minimum Gasteiger partial charge on any atom is -0.508 e. The summed E-state index contributed by atoms with van der Waals surface area (Å²) in [5.41, 5.74) is 3.33. The van der Waals surface area contributed by atoms with E-state index in [0.717, 1.165) is 17.1 Å². The molecule has 0 radical (unpaired) electrons. The number of anilines is 3. The van der Waals surface area contributed by atoms with Crippen LogP contribution in [0.1, 0.15) is 0 Å². The lowest BCUT2D eigenvalue weighted by molar-refractivity contribution is 0.475. The molecule has 0 spiro atoms. The molecule has 0 atom stereocenters. The van der Waals surface area contributed by atoms with Gasteiger partial charge in [-0.2, -0.15) is 0 Å². The van der Waals surface area contributed by atoms with Gasteiger partial charge in [0.2, 0.25) is 0 Å². The first kappa shape index (κ1) is 17.7. The molecule has 0 aromatic heterocycles. The predicted molar refractivity (Wildman–Crippen MR) is 110 cm³/mol. The van der Waals surface area contributed by atoms with Gasteiger partial charge in [-0.05, 0) is 78.0 Å². The third-order valence-corrected chi connectivity index (χ3v) is 4.77. The van der Waals surface area contributed by atoms with Crippen LogP contribution in [0.4, 0.5) is 22.7 Å². The van der Waals surface area contributed by atoms with Crippen molar-refractivity contribution >= 4 is 22.7 Å². The Bertz CT molecular complexity index is 889. The molecule has 2 N–H and O–H groups in total. The molecule has 0 bridgehead atoms. The van der Waals surface area contributed by atoms with E-state index in [9.17, 15) is 15.1 Å². The Kier molecular flexibility index (Phi) is 4.72. The fourth-order valence-corrected chi connectivity index (χ4v) is 3.29. The molecule has 3 aromatic rings. The van der Waals surface area contributed by atoms with Crippen LogP contribution in [-0.4, -0.2) is 30.2 Å². The molecule has 1 saturated heterocycles. The van der Waals surface area contributed by atoms with E-state index in [0.29, 0.717) is 25.7 Å². The van der Waals surface area contributed by atoms with Crippen molar-refractivity contribution in [3.63, 3.8) is 0 Å². The largest absolute Gasteiger partial charge is 0.508 e. The number of aromatic hydroxyl groups is 2. The number of hydrogen-bond acceptors (Lipinski definition) is 7. The minimum absolute atomic E-state index is 0.227. The van der Waals surface area contributed by atoms with Gasteiger partial charge < -0.3 is 24.9 Å². The van der Waals surface area contributed by atoms with Gasteiger partial charge in [0.15, 0.2) is 0 Å². The molecule has 1 fully saturated rings. The maximum Gasteiger partial charge on any atom is 0.115 e. The lowest BCUT2D eigenvalue weighted by atomic mass is 10.2. The number of phenolic OH excluding ortho intramolecular Hbond substituents is 2. The van der Waals surface area contributed by atoms with Gasteiger partial charge in [-0.1, -0.05) is 0 Å². The van der Waals surface area contributed by atoms with Crippen LogP contribution in [0.15, 0.2) is 78.0 Å². The quantitative estimate of drug-likeness (QED) is 0.665. The van der Waals surface area contributed by atoms with Crippen molar-refractivity contribution in [3.8, 4) is 11.5 Å². The molecule has 1 aliphatic rings. The number of nitroso groups, excluding NO2 is 1. The molecule has 28 heavy (non-hydrogen) atoms. The van der Waals surface area contributed by atoms with Gasteiger partial charge in [0.1, 0.15) is 17.2 Å². The first-order valence-corrected chi connectivity index (χ1v) is 8.89. The maximum atomic E-state index is 10.7. The molecule has 1 aliphatic heterocycles. The first-order valence-electron chi connectivity index (χ1n) is 8.89. The Morgan fingerprint density at radius 2 is 0.893 bits per heavy atom. The maximum absolute atomic E-state index is 10.7. The number of nitrogens with zero attached hydrogens (tertiary/aromatic N) is 4. The first-order chi connectivity index (χ1) is 13.6. The van der Waals surface area contributed by atoms with Gasteiger partial charge in [0.25, 0.3) is 0 Å². The molecule has 0 aliphatic carbocycles. The summed E-state index contributed by atoms with van der Waals surface area (Å²) in [6.07, 6.45) is 0. The summed E-state index contributed by atoms with van der Waals surface area (Å²) < 4.78 is 0. The van der Waals surface area contributed by atoms with Crippen LogP contribution in [0.5, 0.6) is 11.5 Å². The second-order valence-electron chi connectivity index (χ2n) is 6.68. The van der Waals surface area contributed by atoms with E-state index in [2.05, 4.69) is 19.9 Å². The normalized spacial score (nSPS) is 14.2. The highest BCUT2D eigenvalue weighted by atomic mass is 16.3. The standard InChI is InChI=1S/C21H20N4O3/c26-20-9-5-18(6-10-20)24-13-23(17-3-1-16(22-28)2-4-17)14-25(15-24)19-7-11-21(27)12-8-19/h1-12,26-27H,13-15H2. The van der Waals surface area contributed by atoms with E-state index >= 15 is 0 Å². The molecule has 7 nitrogen and oxygen atoms in total. The molecule has 142 valence electrons. The van der Waals surface area contributed by atoms with Crippen molar-refractivity contribution < 1.29 is 10.2 Å². The van der Waals surface area contributed by atoms with Gasteiger partial charge in [-0.25, -0.2) is 0 Å². The minimum atomic E-state index is 0.227. The summed E-state index contributed by atoms with van der Waals surface area (Å²) in [5.74, 6) is 0.454. The van der Waals surface area contributed by atoms with Gasteiger partial charge in [0, 0.05) is 17.1 Å². The van der Waals surface area contributed by atoms with Crippen molar-refractivity contribution in [2.45, 2.75) is 0 Å². The van der Waals surface area contributed by atoms with Crippen LogP contribution in [0.25, 0.3) is 0 Å². The van der Waals surface area contributed by atoms with E-state index in [-0.39, 0.29) is 11.5 Å². The fourth-order valence-electron chi connectivity index (χ4n) is 3.29. The van der Waals surface area contributed by atoms with Crippen LogP contribution < -0.4 is 14.7 Å². The van der Waals surface area contributed by atoms with E-state index in [1.807, 2.05) is 36.4 Å². The Morgan fingerprint density at radius 1 is 0.571 bits per heavy atom. The Hall–Kier alpha value is -3.74. The zero-order chi connectivity index (χ0) is 19.5. The molecule has 1 heterocycles. The Labute approximate surface area is 162 Å². The molecular formula is C21H20N4O3. The van der Waals surface area contributed by atoms with Gasteiger partial charge in [-0.15, -0.1) is 4.91 Å². The van der Waals surface area contributed by atoms with Crippen molar-refractivity contribution in [2.75, 3.05) is 34.7 Å². The molecule has 7 heteroatoms. The number of phenols is 2. The average Bonchev–Trinajstić information content (AvgIpc) is 2.74. The topological polar surface area (TPSA) is 79.6 Å². The summed E-state index contributed by atoms with van der Waals surface area (Å²) in [6, 6.07) is 21.4. The highest BCUT2D eigenvalue weighted by Gasteiger charge is 2.24. The van der Waals surface area contributed by atoms with E-state index < -0.39 is 0 Å². The lowest BCUT2D eigenvalue weighted by Crippen LogP contribution is -2.55. The van der Waals surface area contributed by atoms with Crippen LogP contribution in [0.3, 0.4) is 0 Å². The summed E-state index contributed by atoms with van der Waals surface area (Å²) >= 11 is 0. The zero-order valence-corrected chi connectivity index (χ0v) is 15.1. The fraction of sp³-hybridized carbons (Fsp3) is 0.143. The number of hydrogen-bond donors (Lipinski definition) is 2. The van der Waals surface area contributed by atoms with Gasteiger partial charge in [-0.3, -0.25) is 0 Å². The monoisotopic (exact) mass is 376 g/mol. The number of rotatable bonds is 4. The van der Waals surface area contributed by atoms with Crippen LogP contribution in [-0.2, 0) is 0 Å². The van der Waals surface area contributed by atoms with Gasteiger partial charge in [0.05, 0.1) is 20.0 Å². The molecule has 0 amide bonds. The van der Waals surface area contributed by atoms with Crippen LogP contribution >= 0.6 is 0 Å². The lowest BCUT2D eigenvalue weighted by Gasteiger charge is -2.45. The number of benzene rings is 3. The molecule has 0 saturated carbocycles. The van der Waals surface area contributed by atoms with Crippen molar-refractivity contribution in [1.29, 1.82) is 0 Å². The van der Waals surface area contributed by atoms with E-state index in [1.165, 1.54) is 0 Å². The molecule has 0 unspecified atom stereocenters. The molecule has 3 aromatic carbocycles. The summed E-state index contributed by atoms with van der Waals surface area (Å²) in [4.78, 5) is 17.2. The van der Waals surface area contributed by atoms with Crippen molar-refractivity contribution in [3.05, 3.63) is 77.7 Å². The Morgan fingerprint density at radius 3 is 1.21 bits per heavy atom. The Balaban J connectivity index is 1.65. The zero-order valence-electron chi connectivity index (χ0n) is 15.1. The van der Waals surface area contributed by atoms with Gasteiger partial charge >= 0.3 is 0 Å². The van der Waals surface area contributed by atoms with Crippen LogP contribution in [0.2, 0.25) is 0 Å². The second kappa shape index (κ2) is 7.48. The van der Waals surface area contributed by atoms with Crippen LogP contribution in [0, 0.1) is 4.91 Å². The highest BCUT2D eigenvalue weighted by molar-refractivity contribution is 5.60. The third-order valence-electron chi connectivity index (χ3n) is 4.77. The van der Waals surface area contributed by atoms with Crippen molar-refractivity contribution in [2.24, 2.45) is 5.18 Å². The van der Waals surface area contributed by atoms with Crippen molar-refractivity contribution in [1.82, 2.24) is 0 Å². The summed E-state index contributed by atoms with van der Waals surface area (Å²) in [5, 5.41) is 22.1. The SMILES string of the molecule is O=Nc1ccc(N2CN(c3ccc(O)cc3)CN(c3ccc(O)cc3)C2)cc1. The van der Waals surface area contributed by atoms with E-state index in [4.69, 9.17) is 0 Å². The molecular weight excluding hydrogens is 356 g/mol. The third kappa shape index (κ3) is 3.68.